The zero-order chi connectivity index (χ0) is 14.7. The fourth-order valence-corrected chi connectivity index (χ4v) is 3.46. The summed E-state index contributed by atoms with van der Waals surface area (Å²) in [5, 5.41) is 3.29. The predicted octanol–water partition coefficient (Wildman–Crippen LogP) is 1.24. The quantitative estimate of drug-likeness (QED) is 0.791. The van der Waals surface area contributed by atoms with Gasteiger partial charge in [0.1, 0.15) is 5.76 Å². The van der Waals surface area contributed by atoms with Crippen molar-refractivity contribution in [2.45, 2.75) is 43.4 Å². The maximum atomic E-state index is 12.2. The molecule has 1 aromatic rings. The minimum Gasteiger partial charge on any atom is -0.447 e. The fraction of sp³-hybridized carbons (Fsp3) is 0.714. The van der Waals surface area contributed by atoms with Gasteiger partial charge < -0.3 is 14.5 Å². The van der Waals surface area contributed by atoms with Crippen LogP contribution in [-0.2, 0) is 21.3 Å². The van der Waals surface area contributed by atoms with E-state index < -0.39 is 10.0 Å². The van der Waals surface area contributed by atoms with Gasteiger partial charge in [-0.25, -0.2) is 13.1 Å². The van der Waals surface area contributed by atoms with Gasteiger partial charge in [0.25, 0.3) is 10.0 Å². The Labute approximate surface area is 125 Å². The second-order valence-electron chi connectivity index (χ2n) is 5.81. The van der Waals surface area contributed by atoms with Gasteiger partial charge in [0.2, 0.25) is 5.09 Å². The maximum absolute atomic E-state index is 12.2. The summed E-state index contributed by atoms with van der Waals surface area (Å²) < 4.78 is 37.7. The molecule has 1 aliphatic heterocycles. The molecule has 118 valence electrons. The van der Waals surface area contributed by atoms with Gasteiger partial charge in [0.05, 0.1) is 13.2 Å². The Bertz CT molecular complexity index is 559. The summed E-state index contributed by atoms with van der Waals surface area (Å²) in [6.45, 7) is 2.38. The van der Waals surface area contributed by atoms with Crippen LogP contribution in [0.25, 0.3) is 0 Å². The van der Waals surface area contributed by atoms with Crippen LogP contribution in [0.4, 0.5) is 0 Å². The van der Waals surface area contributed by atoms with E-state index in [1.54, 1.807) is 6.07 Å². The summed E-state index contributed by atoms with van der Waals surface area (Å²) in [4.78, 5) is 0. The molecular weight excluding hydrogens is 292 g/mol. The molecule has 1 unspecified atom stereocenters. The molecule has 2 fully saturated rings. The zero-order valence-corrected chi connectivity index (χ0v) is 12.8. The Balaban J connectivity index is 1.53. The Kier molecular flexibility index (Phi) is 4.63. The summed E-state index contributed by atoms with van der Waals surface area (Å²) in [7, 11) is -3.56. The molecular formula is C14H22N2O4S. The number of furan rings is 1. The number of nitrogens with one attached hydrogen (secondary N) is 2. The first-order chi connectivity index (χ1) is 10.1. The lowest BCUT2D eigenvalue weighted by molar-refractivity contribution is 0.0567. The van der Waals surface area contributed by atoms with Crippen molar-refractivity contribution in [3.63, 3.8) is 0 Å². The van der Waals surface area contributed by atoms with Crippen LogP contribution in [0.15, 0.2) is 21.6 Å². The molecule has 0 aromatic carbocycles. The van der Waals surface area contributed by atoms with Crippen LogP contribution in [0.5, 0.6) is 0 Å². The molecule has 1 saturated carbocycles. The van der Waals surface area contributed by atoms with E-state index in [4.69, 9.17) is 9.15 Å². The van der Waals surface area contributed by atoms with E-state index >= 15 is 0 Å². The number of rotatable bonds is 7. The number of sulfonamides is 1. The molecule has 0 radical (unpaired) electrons. The van der Waals surface area contributed by atoms with Crippen molar-refractivity contribution < 1.29 is 17.6 Å². The van der Waals surface area contributed by atoms with Crippen molar-refractivity contribution in [1.29, 1.82) is 0 Å². The van der Waals surface area contributed by atoms with Crippen LogP contribution in [0.3, 0.4) is 0 Å². The van der Waals surface area contributed by atoms with E-state index in [1.165, 1.54) is 18.9 Å². The van der Waals surface area contributed by atoms with Crippen LogP contribution in [0.2, 0.25) is 0 Å². The lowest BCUT2D eigenvalue weighted by Crippen LogP contribution is -2.33. The normalized spacial score (nSPS) is 23.3. The van der Waals surface area contributed by atoms with Crippen LogP contribution >= 0.6 is 0 Å². The minimum absolute atomic E-state index is 0.00757. The Morgan fingerprint density at radius 2 is 2.10 bits per heavy atom. The van der Waals surface area contributed by atoms with Crippen molar-refractivity contribution in [2.75, 3.05) is 19.8 Å². The standard InChI is InChI=1S/C14H22N2O4S/c17-21(18,16-8-11-2-1-7-19-10-11)14-6-5-13(20-14)9-15-12-3-4-12/h5-6,11-12,15-16H,1-4,7-10H2. The zero-order valence-electron chi connectivity index (χ0n) is 12.0. The lowest BCUT2D eigenvalue weighted by Gasteiger charge is -2.21. The minimum atomic E-state index is -3.56. The van der Waals surface area contributed by atoms with Crippen LogP contribution in [-0.4, -0.2) is 34.2 Å². The average Bonchev–Trinajstić information content (AvgIpc) is 3.20. The Morgan fingerprint density at radius 3 is 2.81 bits per heavy atom. The lowest BCUT2D eigenvalue weighted by atomic mass is 10.0. The molecule has 1 aliphatic carbocycles. The van der Waals surface area contributed by atoms with Gasteiger partial charge in [-0.3, -0.25) is 0 Å². The monoisotopic (exact) mass is 314 g/mol. The van der Waals surface area contributed by atoms with Crippen molar-refractivity contribution in [3.05, 3.63) is 17.9 Å². The SMILES string of the molecule is O=S(=O)(NCC1CCCOC1)c1ccc(CNC2CC2)o1. The van der Waals surface area contributed by atoms with Gasteiger partial charge in [0, 0.05) is 19.2 Å². The number of hydrogen-bond acceptors (Lipinski definition) is 5. The molecule has 0 bridgehead atoms. The average molecular weight is 314 g/mol. The highest BCUT2D eigenvalue weighted by Crippen LogP contribution is 2.20. The molecule has 2 heterocycles. The summed E-state index contributed by atoms with van der Waals surface area (Å²) in [5.74, 6) is 0.905. The molecule has 7 heteroatoms. The summed E-state index contributed by atoms with van der Waals surface area (Å²) in [6.07, 6.45) is 4.37. The van der Waals surface area contributed by atoms with Gasteiger partial charge in [-0.1, -0.05) is 0 Å². The summed E-state index contributed by atoms with van der Waals surface area (Å²) in [6, 6.07) is 3.80. The smallest absolute Gasteiger partial charge is 0.273 e. The number of hydrogen-bond donors (Lipinski definition) is 2. The first-order valence-corrected chi connectivity index (χ1v) is 9.01. The largest absolute Gasteiger partial charge is 0.447 e. The van der Waals surface area contributed by atoms with Gasteiger partial charge in [0.15, 0.2) is 0 Å². The highest BCUT2D eigenvalue weighted by Gasteiger charge is 2.23. The molecule has 1 aromatic heterocycles. The van der Waals surface area contributed by atoms with Gasteiger partial charge in [-0.15, -0.1) is 0 Å². The predicted molar refractivity (Wildman–Crippen MR) is 77.3 cm³/mol. The first kappa shape index (κ1) is 15.0. The topological polar surface area (TPSA) is 80.6 Å². The summed E-state index contributed by atoms with van der Waals surface area (Å²) in [5.41, 5.74) is 0. The molecule has 1 saturated heterocycles. The molecule has 0 amide bonds. The van der Waals surface area contributed by atoms with Crippen molar-refractivity contribution in [3.8, 4) is 0 Å². The maximum Gasteiger partial charge on any atom is 0.273 e. The van der Waals surface area contributed by atoms with Crippen molar-refractivity contribution >= 4 is 10.0 Å². The van der Waals surface area contributed by atoms with E-state index in [0.717, 1.165) is 19.4 Å². The molecule has 1 atom stereocenters. The van der Waals surface area contributed by atoms with E-state index in [2.05, 4.69) is 10.0 Å². The van der Waals surface area contributed by atoms with E-state index in [9.17, 15) is 8.42 Å². The molecule has 2 N–H and O–H groups in total. The van der Waals surface area contributed by atoms with Gasteiger partial charge in [-0.05, 0) is 43.7 Å². The van der Waals surface area contributed by atoms with Gasteiger partial charge in [-0.2, -0.15) is 0 Å². The molecule has 2 aliphatic rings. The van der Waals surface area contributed by atoms with E-state index in [-0.39, 0.29) is 11.0 Å². The highest BCUT2D eigenvalue weighted by molar-refractivity contribution is 7.89. The molecule has 3 rings (SSSR count). The third-order valence-electron chi connectivity index (χ3n) is 3.86. The third-order valence-corrected chi connectivity index (χ3v) is 5.16. The van der Waals surface area contributed by atoms with Crippen molar-refractivity contribution in [2.24, 2.45) is 5.92 Å². The summed E-state index contributed by atoms with van der Waals surface area (Å²) >= 11 is 0. The molecule has 21 heavy (non-hydrogen) atoms. The second kappa shape index (κ2) is 6.48. The first-order valence-electron chi connectivity index (χ1n) is 7.53. The second-order valence-corrected chi connectivity index (χ2v) is 7.51. The van der Waals surface area contributed by atoms with Crippen LogP contribution < -0.4 is 10.0 Å². The van der Waals surface area contributed by atoms with E-state index in [1.807, 2.05) is 0 Å². The van der Waals surface area contributed by atoms with Crippen molar-refractivity contribution in [1.82, 2.24) is 10.0 Å². The van der Waals surface area contributed by atoms with Gasteiger partial charge >= 0.3 is 0 Å². The Hall–Kier alpha value is -0.890. The number of ether oxygens (including phenoxy) is 1. The molecule has 6 nitrogen and oxygen atoms in total. The van der Waals surface area contributed by atoms with Crippen LogP contribution in [0, 0.1) is 5.92 Å². The third kappa shape index (κ3) is 4.29. The highest BCUT2D eigenvalue weighted by atomic mass is 32.2. The Morgan fingerprint density at radius 1 is 1.24 bits per heavy atom. The fourth-order valence-electron chi connectivity index (χ4n) is 2.40. The van der Waals surface area contributed by atoms with E-state index in [0.29, 0.717) is 31.5 Å². The molecule has 0 spiro atoms. The van der Waals surface area contributed by atoms with Crippen LogP contribution in [0.1, 0.15) is 31.4 Å².